The fourth-order valence-corrected chi connectivity index (χ4v) is 10.6. The number of carbonyl (C=O) groups is 3. The number of hydrogen-bond acceptors (Lipinski definition) is 16. The van der Waals surface area contributed by atoms with Crippen molar-refractivity contribution in [2.45, 2.75) is 26.6 Å². The van der Waals surface area contributed by atoms with Gasteiger partial charge in [-0.05, 0) is 18.4 Å². The number of aromatic nitrogens is 14. The van der Waals surface area contributed by atoms with Gasteiger partial charge in [-0.15, -0.1) is 22.7 Å². The van der Waals surface area contributed by atoms with Gasteiger partial charge in [-0.25, -0.2) is 39.3 Å². The Kier molecular flexibility index (Phi) is 15.7. The molecule has 3 N–H and O–H groups in total. The van der Waals surface area contributed by atoms with E-state index in [1.165, 1.54) is 111 Å². The van der Waals surface area contributed by atoms with Gasteiger partial charge < -0.3 is 29.7 Å². The number of fused-ring (bicyclic) bond motifs is 4. The third-order valence-corrected chi connectivity index (χ3v) is 15.1. The summed E-state index contributed by atoms with van der Waals surface area (Å²) >= 11 is 2.64. The van der Waals surface area contributed by atoms with E-state index in [-0.39, 0.29) is 70.8 Å². The molecule has 28 heteroatoms. The monoisotopic (exact) mass is 1170 g/mol. The van der Waals surface area contributed by atoms with Crippen LogP contribution < -0.4 is 49.7 Å². The molecule has 0 radical (unpaired) electrons. The highest BCUT2D eigenvalue weighted by molar-refractivity contribution is 7.14. The predicted molar refractivity (Wildman–Crippen MR) is 320 cm³/mol. The van der Waals surface area contributed by atoms with Crippen molar-refractivity contribution in [2.75, 3.05) is 16.0 Å². The lowest BCUT2D eigenvalue weighted by Crippen LogP contribution is -2.37. The van der Waals surface area contributed by atoms with Crippen molar-refractivity contribution in [1.29, 1.82) is 0 Å². The molecule has 0 saturated carbocycles. The topological polar surface area (TPSA) is 299 Å². The van der Waals surface area contributed by atoms with Gasteiger partial charge in [-0.2, -0.15) is 0 Å². The summed E-state index contributed by atoms with van der Waals surface area (Å²) in [6, 6.07) is 31.0. The Morgan fingerprint density at radius 2 is 0.821 bits per heavy atom. The molecule has 0 spiro atoms. The van der Waals surface area contributed by atoms with Crippen molar-refractivity contribution in [2.24, 2.45) is 42.3 Å². The molecule has 84 heavy (non-hydrogen) atoms. The maximum absolute atomic E-state index is 12.6. The second-order valence-electron chi connectivity index (χ2n) is 19.2. The maximum Gasteiger partial charge on any atom is 0.332 e. The van der Waals surface area contributed by atoms with Gasteiger partial charge >= 0.3 is 17.1 Å². The van der Waals surface area contributed by atoms with Crippen molar-refractivity contribution in [3.63, 3.8) is 0 Å². The third-order valence-electron chi connectivity index (χ3n) is 13.6. The minimum Gasteiger partial charge on any atom is -0.324 e. The Hall–Kier alpha value is -10.7. The molecule has 0 unspecified atom stereocenters. The van der Waals surface area contributed by atoms with E-state index in [2.05, 4.69) is 40.9 Å². The Morgan fingerprint density at radius 3 is 1.26 bits per heavy atom. The molecule has 0 saturated heterocycles. The van der Waals surface area contributed by atoms with Gasteiger partial charge in [0, 0.05) is 75.2 Å². The van der Waals surface area contributed by atoms with Crippen molar-refractivity contribution in [3.8, 4) is 22.5 Å². The summed E-state index contributed by atoms with van der Waals surface area (Å²) in [5.41, 5.74) is 3.81. The smallest absolute Gasteiger partial charge is 0.324 e. The van der Waals surface area contributed by atoms with Gasteiger partial charge in [0.15, 0.2) is 43.8 Å². The van der Waals surface area contributed by atoms with Crippen LogP contribution in [0.5, 0.6) is 0 Å². The molecule has 3 amide bonds. The standard InChI is InChI=1S/C19H18N6O3S.C19H17N5O3.C18H16N6O3S/c1-11-4-6-12(7-5-11)13-9-29-18(21-13)22-14(26)8-25-10-20-16-15(25)17(27)24(3)19(28)23(16)2;1-22-17-16(18(26)23(2)19(22)27)24(11-20-17)10-15(25)21-14-9-5-7-12-6-3-4-8-13(12)14;1-22-15-14(16(26)23(2)18(22)27)24(10-19-15)8-13(25)21-17-20-12(9-28-17)11-6-4-3-5-7-11/h4-7,9-10H,8H2,1-3H3,(H,21,22,26);3-9,11H,10H2,1-2H3,(H,21,25);3-7,9-10H,8H2,1-2H3,(H,20,21,25). The first-order valence-electron chi connectivity index (χ1n) is 25.5. The van der Waals surface area contributed by atoms with E-state index in [4.69, 9.17) is 0 Å². The van der Waals surface area contributed by atoms with E-state index in [9.17, 15) is 43.2 Å². The summed E-state index contributed by atoms with van der Waals surface area (Å²) in [7, 11) is 8.78. The average Bonchev–Trinajstić information content (AvgIpc) is 2.54. The molecule has 12 rings (SSSR count). The van der Waals surface area contributed by atoms with Crippen LogP contribution in [0.1, 0.15) is 5.56 Å². The van der Waals surface area contributed by atoms with Gasteiger partial charge in [0.1, 0.15) is 19.6 Å². The van der Waals surface area contributed by atoms with Crippen LogP contribution in [-0.4, -0.2) is 83.7 Å². The van der Waals surface area contributed by atoms with Crippen LogP contribution in [0.25, 0.3) is 66.8 Å². The van der Waals surface area contributed by atoms with Crippen LogP contribution in [0.3, 0.4) is 0 Å². The molecule has 0 bridgehead atoms. The largest absolute Gasteiger partial charge is 0.332 e. The van der Waals surface area contributed by atoms with E-state index in [0.717, 1.165) is 52.6 Å². The Bertz CT molecular complexity index is 4930. The highest BCUT2D eigenvalue weighted by Gasteiger charge is 2.20. The summed E-state index contributed by atoms with van der Waals surface area (Å²) in [4.78, 5) is 132. The summed E-state index contributed by atoms with van der Waals surface area (Å²) in [5, 5.41) is 15.0. The number of aryl methyl sites for hydroxylation is 4. The second kappa shape index (κ2) is 23.4. The summed E-state index contributed by atoms with van der Waals surface area (Å²) < 4.78 is 11.1. The number of hydrogen-bond donors (Lipinski definition) is 3. The van der Waals surface area contributed by atoms with Crippen LogP contribution in [0.2, 0.25) is 0 Å². The molecule has 8 aromatic heterocycles. The Morgan fingerprint density at radius 1 is 0.440 bits per heavy atom. The SMILES string of the molecule is Cc1ccc(-c2csc(NC(=O)Cn3cnc4c3c(=O)n(C)c(=O)n4C)n2)cc1.Cn1c(=O)c2c(ncn2CC(=O)Nc2cccc3ccccc23)n(C)c1=O.Cn1c(=O)c2c(ncn2CC(=O)Nc2nc(-c3ccccc3)cs2)n(C)c1=O. The van der Waals surface area contributed by atoms with Crippen LogP contribution in [0.15, 0.2) is 156 Å². The van der Waals surface area contributed by atoms with Crippen molar-refractivity contribution >= 4 is 101 Å². The van der Waals surface area contributed by atoms with Crippen LogP contribution in [0, 0.1) is 6.92 Å². The van der Waals surface area contributed by atoms with Crippen LogP contribution in [0.4, 0.5) is 16.0 Å². The molecule has 4 aromatic carbocycles. The summed E-state index contributed by atoms with van der Waals surface area (Å²) in [6.45, 7) is 1.68. The third kappa shape index (κ3) is 11.2. The molecule has 0 atom stereocenters. The number of nitrogens with one attached hydrogen (secondary N) is 3. The number of nitrogens with zero attached hydrogens (tertiary/aromatic N) is 14. The van der Waals surface area contributed by atoms with Gasteiger partial charge in [0.2, 0.25) is 17.7 Å². The number of carbonyl (C=O) groups excluding carboxylic acids is 3. The van der Waals surface area contributed by atoms with Crippen molar-refractivity contribution < 1.29 is 14.4 Å². The van der Waals surface area contributed by atoms with Gasteiger partial charge in [0.25, 0.3) is 16.7 Å². The molecule has 0 fully saturated rings. The van der Waals surface area contributed by atoms with Crippen molar-refractivity contribution in [1.82, 2.24) is 66.0 Å². The van der Waals surface area contributed by atoms with Crippen molar-refractivity contribution in [3.05, 3.63) is 195 Å². The molecular formula is C56H51N17O9S2. The van der Waals surface area contributed by atoms with Gasteiger partial charge in [-0.1, -0.05) is 96.6 Å². The zero-order valence-electron chi connectivity index (χ0n) is 46.0. The lowest BCUT2D eigenvalue weighted by molar-refractivity contribution is -0.117. The predicted octanol–water partition coefficient (Wildman–Crippen LogP) is 3.93. The summed E-state index contributed by atoms with van der Waals surface area (Å²) in [6.07, 6.45) is 4.15. The zero-order chi connectivity index (χ0) is 59.7. The minimum atomic E-state index is -0.496. The lowest BCUT2D eigenvalue weighted by atomic mass is 10.1. The number of imidazole rings is 3. The van der Waals surface area contributed by atoms with E-state index in [1.54, 1.807) is 0 Å². The first-order chi connectivity index (χ1) is 40.3. The first kappa shape index (κ1) is 56.5. The van der Waals surface area contributed by atoms with E-state index in [1.807, 2.05) is 115 Å². The molecule has 0 aliphatic rings. The molecule has 0 aliphatic heterocycles. The van der Waals surface area contributed by atoms with Gasteiger partial charge in [-0.3, -0.25) is 56.2 Å². The quantitative estimate of drug-likeness (QED) is 0.165. The van der Waals surface area contributed by atoms with Crippen LogP contribution in [-0.2, 0) is 76.3 Å². The zero-order valence-corrected chi connectivity index (χ0v) is 47.6. The fourth-order valence-electron chi connectivity index (χ4n) is 9.12. The Balaban J connectivity index is 0.000000140. The second-order valence-corrected chi connectivity index (χ2v) is 20.9. The summed E-state index contributed by atoms with van der Waals surface area (Å²) in [5.74, 6) is -0.976. The fraction of sp³-hybridized carbons (Fsp3) is 0.179. The normalized spacial score (nSPS) is 11.1. The maximum atomic E-state index is 12.6. The molecular weight excluding hydrogens is 1120 g/mol. The number of benzene rings is 4. The lowest BCUT2D eigenvalue weighted by Gasteiger charge is -2.10. The minimum absolute atomic E-state index is 0.0901. The highest BCUT2D eigenvalue weighted by atomic mass is 32.1. The van der Waals surface area contributed by atoms with Crippen LogP contribution >= 0.6 is 22.7 Å². The number of anilines is 3. The molecule has 0 aliphatic carbocycles. The average molecular weight is 1170 g/mol. The first-order valence-corrected chi connectivity index (χ1v) is 27.3. The van der Waals surface area contributed by atoms with E-state index in [0.29, 0.717) is 16.0 Å². The van der Waals surface area contributed by atoms with E-state index < -0.39 is 33.7 Å². The van der Waals surface area contributed by atoms with Gasteiger partial charge in [0.05, 0.1) is 30.4 Å². The highest BCUT2D eigenvalue weighted by Crippen LogP contribution is 2.27. The number of amides is 3. The van der Waals surface area contributed by atoms with E-state index >= 15 is 0 Å². The number of thiazole rings is 2. The molecule has 12 aromatic rings. The molecule has 26 nitrogen and oxygen atoms in total. The Labute approximate surface area is 481 Å². The molecule has 426 valence electrons. The molecule has 8 heterocycles. The number of rotatable bonds is 11.